The van der Waals surface area contributed by atoms with Crippen LogP contribution in [0.15, 0.2) is 48.5 Å². The average Bonchev–Trinajstić information content (AvgIpc) is 2.81. The Morgan fingerprint density at radius 2 is 1.76 bits per heavy atom. The van der Waals surface area contributed by atoms with Crippen molar-refractivity contribution in [2.45, 2.75) is 64.5 Å². The van der Waals surface area contributed by atoms with Crippen LogP contribution in [0.4, 0.5) is 14.9 Å². The molecule has 1 amide bonds. The molecule has 180 valence electrons. The minimum absolute atomic E-state index is 0.0812. The highest BCUT2D eigenvalue weighted by molar-refractivity contribution is 6.53. The zero-order valence-corrected chi connectivity index (χ0v) is 21.7. The van der Waals surface area contributed by atoms with Gasteiger partial charge in [-0.3, -0.25) is 0 Å². The lowest BCUT2D eigenvalue weighted by Gasteiger charge is -2.37. The third kappa shape index (κ3) is 6.80. The van der Waals surface area contributed by atoms with Crippen molar-refractivity contribution in [1.29, 1.82) is 0 Å². The van der Waals surface area contributed by atoms with Crippen molar-refractivity contribution in [3.05, 3.63) is 65.5 Å². The second-order valence-corrected chi connectivity index (χ2v) is 13.3. The van der Waals surface area contributed by atoms with E-state index in [-0.39, 0.29) is 29.6 Å². The topological polar surface area (TPSA) is 42.0 Å². The summed E-state index contributed by atoms with van der Waals surface area (Å²) in [7, 11) is 0.368. The third-order valence-corrected chi connectivity index (χ3v) is 9.72. The van der Waals surface area contributed by atoms with Crippen molar-refractivity contribution in [2.75, 3.05) is 25.0 Å². The van der Waals surface area contributed by atoms with E-state index in [0.29, 0.717) is 30.9 Å². The summed E-state index contributed by atoms with van der Waals surface area (Å²) in [6.45, 7) is 10.6. The fraction of sp³-hybridized carbons (Fsp3) is 0.500. The van der Waals surface area contributed by atoms with Crippen molar-refractivity contribution in [1.82, 2.24) is 4.90 Å². The molecule has 0 aliphatic carbocycles. The Kier molecular flexibility index (Phi) is 8.54. The molecule has 1 aliphatic rings. The Bertz CT molecular complexity index is 911. The summed E-state index contributed by atoms with van der Waals surface area (Å²) < 4.78 is 26.8. The summed E-state index contributed by atoms with van der Waals surface area (Å²) in [5.41, 5.74) is 2.20. The maximum Gasteiger partial charge on any atom is 0.410 e. The van der Waals surface area contributed by atoms with E-state index >= 15 is 4.39 Å². The molecule has 2 aromatic carbocycles. The fourth-order valence-corrected chi connectivity index (χ4v) is 4.78. The van der Waals surface area contributed by atoms with E-state index in [1.807, 2.05) is 48.5 Å². The molecule has 0 bridgehead atoms. The third-order valence-electron chi connectivity index (χ3n) is 6.61. The molecule has 0 aromatic heterocycles. The van der Waals surface area contributed by atoms with Gasteiger partial charge in [0.1, 0.15) is 6.61 Å². The van der Waals surface area contributed by atoms with Gasteiger partial charge in [-0.05, 0) is 36.1 Å². The van der Waals surface area contributed by atoms with Gasteiger partial charge in [-0.1, -0.05) is 63.2 Å². The molecule has 1 saturated heterocycles. The zero-order valence-electron chi connectivity index (χ0n) is 20.5. The predicted octanol–water partition coefficient (Wildman–Crippen LogP) is 5.73. The number of halogens is 1. The first-order valence-electron chi connectivity index (χ1n) is 11.7. The van der Waals surface area contributed by atoms with Gasteiger partial charge >= 0.3 is 6.09 Å². The van der Waals surface area contributed by atoms with E-state index in [9.17, 15) is 4.79 Å². The van der Waals surface area contributed by atoms with E-state index < -0.39 is 9.04 Å². The van der Waals surface area contributed by atoms with Crippen LogP contribution in [0.25, 0.3) is 0 Å². The molecule has 1 unspecified atom stereocenters. The van der Waals surface area contributed by atoms with Gasteiger partial charge in [0, 0.05) is 31.7 Å². The Balaban J connectivity index is 1.53. The monoisotopic (exact) mass is 472 g/mol. The van der Waals surface area contributed by atoms with Crippen molar-refractivity contribution in [3.8, 4) is 0 Å². The van der Waals surface area contributed by atoms with Crippen LogP contribution in [0.5, 0.6) is 0 Å². The summed E-state index contributed by atoms with van der Waals surface area (Å²) >= 11 is 0. The normalized spacial score (nSPS) is 15.9. The quantitative estimate of drug-likeness (QED) is 0.483. The van der Waals surface area contributed by atoms with Crippen LogP contribution in [0, 0.1) is 5.82 Å². The highest BCUT2D eigenvalue weighted by Crippen LogP contribution is 2.30. The molecule has 1 heterocycles. The zero-order chi connectivity index (χ0) is 24.0. The number of piperidine rings is 1. The molecule has 0 radical (unpaired) electrons. The van der Waals surface area contributed by atoms with Gasteiger partial charge in [0.15, 0.2) is 14.9 Å². The second-order valence-electron chi connectivity index (χ2n) is 9.94. The Morgan fingerprint density at radius 1 is 1.09 bits per heavy atom. The number of hydrogen-bond donors (Lipinski definition) is 0. The fourth-order valence-electron chi connectivity index (χ4n) is 3.85. The molecule has 1 atom stereocenters. The minimum atomic E-state index is -1.42. The Morgan fingerprint density at radius 3 is 2.39 bits per heavy atom. The van der Waals surface area contributed by atoms with Crippen LogP contribution in [0.2, 0.25) is 11.6 Å². The molecule has 0 spiro atoms. The van der Waals surface area contributed by atoms with Crippen LogP contribution in [0.1, 0.15) is 44.7 Å². The van der Waals surface area contributed by atoms with Crippen molar-refractivity contribution < 1.29 is 18.3 Å². The highest BCUT2D eigenvalue weighted by atomic mass is 28.3. The van der Waals surface area contributed by atoms with Crippen molar-refractivity contribution >= 4 is 20.8 Å². The van der Waals surface area contributed by atoms with Gasteiger partial charge in [-0.15, -0.1) is 0 Å². The molecule has 0 saturated carbocycles. The van der Waals surface area contributed by atoms with Gasteiger partial charge in [0.2, 0.25) is 0 Å². The number of rotatable bonds is 7. The molecule has 0 N–H and O–H groups in total. The summed E-state index contributed by atoms with van der Waals surface area (Å²) in [6, 6.07) is 15.3. The molecule has 5 nitrogen and oxygen atoms in total. The number of carbonyl (C=O) groups is 1. The molecule has 7 heteroatoms. The van der Waals surface area contributed by atoms with Gasteiger partial charge in [0.05, 0.1) is 12.3 Å². The second kappa shape index (κ2) is 11.2. The standard InChI is InChI=1S/C26H37FN2O3Si/c1-26(2,3)33(5)32-19-21-12-9-13-23(24(21)27)29-16-14-22(15-17-29)28(4)25(30)31-18-20-10-7-6-8-11-20/h6-13,22,33H,14-19H2,1-5H3. The van der Waals surface area contributed by atoms with Crippen LogP contribution in [-0.4, -0.2) is 46.2 Å². The first-order chi connectivity index (χ1) is 15.7. The van der Waals surface area contributed by atoms with Gasteiger partial charge < -0.3 is 19.0 Å². The molecule has 1 aliphatic heterocycles. The van der Waals surface area contributed by atoms with Crippen molar-refractivity contribution in [3.63, 3.8) is 0 Å². The largest absolute Gasteiger partial charge is 0.445 e. The van der Waals surface area contributed by atoms with E-state index in [4.69, 9.17) is 9.16 Å². The molecule has 1 fully saturated rings. The molecule has 2 aromatic rings. The number of carbonyl (C=O) groups excluding carboxylic acids is 1. The molecule has 3 rings (SSSR count). The number of anilines is 1. The lowest BCUT2D eigenvalue weighted by molar-refractivity contribution is 0.0862. The average molecular weight is 473 g/mol. The van der Waals surface area contributed by atoms with Crippen molar-refractivity contribution in [2.24, 2.45) is 0 Å². The Labute approximate surface area is 199 Å². The lowest BCUT2D eigenvalue weighted by atomic mass is 10.0. The summed E-state index contributed by atoms with van der Waals surface area (Å²) in [4.78, 5) is 16.2. The SMILES string of the molecule is CN(C(=O)OCc1ccccc1)C1CCN(c2cccc(CO[SiH](C)C(C)(C)C)c2F)CC1. The lowest BCUT2D eigenvalue weighted by Crippen LogP contribution is -2.46. The first kappa shape index (κ1) is 25.2. The van der Waals surface area contributed by atoms with Gasteiger partial charge in [-0.25, -0.2) is 9.18 Å². The molecular formula is C26H37FN2O3Si. The maximum absolute atomic E-state index is 15.3. The maximum atomic E-state index is 15.3. The predicted molar refractivity (Wildman–Crippen MR) is 134 cm³/mol. The summed E-state index contributed by atoms with van der Waals surface area (Å²) in [6.07, 6.45) is 1.22. The van der Waals surface area contributed by atoms with Gasteiger partial charge in [0.25, 0.3) is 0 Å². The molecular weight excluding hydrogens is 435 g/mol. The number of nitrogens with zero attached hydrogens (tertiary/aromatic N) is 2. The highest BCUT2D eigenvalue weighted by Gasteiger charge is 2.28. The van der Waals surface area contributed by atoms with E-state index in [0.717, 1.165) is 18.4 Å². The number of benzene rings is 2. The number of hydrogen-bond acceptors (Lipinski definition) is 4. The van der Waals surface area contributed by atoms with Crippen LogP contribution < -0.4 is 4.90 Å². The van der Waals surface area contributed by atoms with Crippen LogP contribution in [-0.2, 0) is 22.4 Å². The van der Waals surface area contributed by atoms with E-state index in [1.54, 1.807) is 11.9 Å². The Hall–Kier alpha value is -2.38. The van der Waals surface area contributed by atoms with E-state index in [2.05, 4.69) is 32.2 Å². The smallest absolute Gasteiger partial charge is 0.410 e. The number of ether oxygens (including phenoxy) is 1. The summed E-state index contributed by atoms with van der Waals surface area (Å²) in [5.74, 6) is -0.193. The van der Waals surface area contributed by atoms with E-state index in [1.165, 1.54) is 0 Å². The minimum Gasteiger partial charge on any atom is -0.445 e. The van der Waals surface area contributed by atoms with Crippen LogP contribution in [0.3, 0.4) is 0 Å². The van der Waals surface area contributed by atoms with Crippen LogP contribution >= 0.6 is 0 Å². The first-order valence-corrected chi connectivity index (χ1v) is 13.9. The molecule has 33 heavy (non-hydrogen) atoms. The number of amides is 1. The van der Waals surface area contributed by atoms with Gasteiger partial charge in [-0.2, -0.15) is 0 Å². The summed E-state index contributed by atoms with van der Waals surface area (Å²) in [5, 5.41) is 0.143.